The Hall–Kier alpha value is -2.11. The average molecular weight is 351 g/mol. The van der Waals surface area contributed by atoms with Crippen LogP contribution in [-0.4, -0.2) is 32.1 Å². The van der Waals surface area contributed by atoms with E-state index in [0.717, 1.165) is 43.8 Å². The lowest BCUT2D eigenvalue weighted by molar-refractivity contribution is -0.143. The maximum Gasteiger partial charge on any atom is 0.305 e. The van der Waals surface area contributed by atoms with Crippen LogP contribution in [-0.2, 0) is 16.1 Å². The van der Waals surface area contributed by atoms with Crippen LogP contribution in [0.1, 0.15) is 50.2 Å². The molecule has 0 amide bonds. The van der Waals surface area contributed by atoms with E-state index in [1.165, 1.54) is 6.07 Å². The van der Waals surface area contributed by atoms with Crippen molar-refractivity contribution in [2.75, 3.05) is 20.2 Å². The van der Waals surface area contributed by atoms with Crippen LogP contribution in [0.3, 0.4) is 0 Å². The zero-order chi connectivity index (χ0) is 18.5. The SMILES string of the molecule is CCOC(=O)CCCCCCNC(=NC)NCc1ccc(F)c(C)c1. The van der Waals surface area contributed by atoms with Crippen LogP contribution >= 0.6 is 0 Å². The van der Waals surface area contributed by atoms with Crippen molar-refractivity contribution in [3.8, 4) is 0 Å². The summed E-state index contributed by atoms with van der Waals surface area (Å²) in [6, 6.07) is 5.09. The summed E-state index contributed by atoms with van der Waals surface area (Å²) in [6.45, 7) is 5.45. The maximum atomic E-state index is 13.3. The number of unbranched alkanes of at least 4 members (excludes halogenated alkanes) is 3. The molecule has 0 spiro atoms. The summed E-state index contributed by atoms with van der Waals surface area (Å²) in [5.74, 6) is 0.434. The number of carbonyl (C=O) groups excluding carboxylic acids is 1. The second-order valence-corrected chi connectivity index (χ2v) is 5.91. The van der Waals surface area contributed by atoms with Crippen molar-refractivity contribution >= 4 is 11.9 Å². The van der Waals surface area contributed by atoms with E-state index in [1.54, 1.807) is 20.0 Å². The fraction of sp³-hybridized carbons (Fsp3) is 0.579. The van der Waals surface area contributed by atoms with Crippen LogP contribution in [0, 0.1) is 12.7 Å². The van der Waals surface area contributed by atoms with Crippen molar-refractivity contribution < 1.29 is 13.9 Å². The van der Waals surface area contributed by atoms with Crippen molar-refractivity contribution in [1.82, 2.24) is 10.6 Å². The fourth-order valence-corrected chi connectivity index (χ4v) is 2.41. The Morgan fingerprint density at radius 1 is 1.20 bits per heavy atom. The highest BCUT2D eigenvalue weighted by Crippen LogP contribution is 2.08. The molecule has 1 aromatic carbocycles. The fourth-order valence-electron chi connectivity index (χ4n) is 2.41. The largest absolute Gasteiger partial charge is 0.466 e. The highest BCUT2D eigenvalue weighted by Gasteiger charge is 2.02. The van der Waals surface area contributed by atoms with Crippen LogP contribution in [0.5, 0.6) is 0 Å². The van der Waals surface area contributed by atoms with E-state index in [0.29, 0.717) is 25.1 Å². The van der Waals surface area contributed by atoms with Gasteiger partial charge < -0.3 is 15.4 Å². The monoisotopic (exact) mass is 351 g/mol. The Bertz CT molecular complexity index is 562. The van der Waals surface area contributed by atoms with Gasteiger partial charge >= 0.3 is 5.97 Å². The zero-order valence-electron chi connectivity index (χ0n) is 15.5. The normalized spacial score (nSPS) is 11.3. The van der Waals surface area contributed by atoms with Crippen LogP contribution in [0.15, 0.2) is 23.2 Å². The van der Waals surface area contributed by atoms with Gasteiger partial charge in [-0.25, -0.2) is 4.39 Å². The Labute approximate surface area is 150 Å². The van der Waals surface area contributed by atoms with Crippen molar-refractivity contribution in [2.24, 2.45) is 4.99 Å². The number of nitrogens with one attached hydrogen (secondary N) is 2. The first-order valence-electron chi connectivity index (χ1n) is 8.92. The molecule has 5 nitrogen and oxygen atoms in total. The number of hydrogen-bond acceptors (Lipinski definition) is 3. The molecule has 0 aromatic heterocycles. The molecule has 0 fully saturated rings. The standard InChI is InChI=1S/C19H30FN3O2/c1-4-25-18(24)9-7-5-6-8-12-22-19(21-3)23-14-16-10-11-17(20)15(2)13-16/h10-11,13H,4-9,12,14H2,1-3H3,(H2,21,22,23). The number of esters is 1. The number of aryl methyl sites for hydroxylation is 1. The molecule has 2 N–H and O–H groups in total. The van der Waals surface area contributed by atoms with Gasteiger partial charge in [0.05, 0.1) is 6.61 Å². The number of nitrogens with zero attached hydrogens (tertiary/aromatic N) is 1. The Morgan fingerprint density at radius 3 is 2.64 bits per heavy atom. The number of benzene rings is 1. The van der Waals surface area contributed by atoms with Gasteiger partial charge in [-0.3, -0.25) is 9.79 Å². The van der Waals surface area contributed by atoms with Crippen LogP contribution in [0.4, 0.5) is 4.39 Å². The second-order valence-electron chi connectivity index (χ2n) is 5.91. The minimum Gasteiger partial charge on any atom is -0.466 e. The molecule has 0 aliphatic rings. The molecule has 140 valence electrons. The third-order valence-electron chi connectivity index (χ3n) is 3.81. The molecule has 1 rings (SSSR count). The summed E-state index contributed by atoms with van der Waals surface area (Å²) < 4.78 is 18.2. The van der Waals surface area contributed by atoms with Gasteiger partial charge in [0.1, 0.15) is 5.82 Å². The molecular formula is C19H30FN3O2. The third-order valence-corrected chi connectivity index (χ3v) is 3.81. The predicted molar refractivity (Wildman–Crippen MR) is 99.1 cm³/mol. The summed E-state index contributed by atoms with van der Waals surface area (Å²) in [7, 11) is 1.73. The minimum absolute atomic E-state index is 0.110. The van der Waals surface area contributed by atoms with Crippen molar-refractivity contribution in [2.45, 2.75) is 52.5 Å². The molecule has 0 saturated heterocycles. The highest BCUT2D eigenvalue weighted by atomic mass is 19.1. The van der Waals surface area contributed by atoms with Gasteiger partial charge in [0.2, 0.25) is 0 Å². The van der Waals surface area contributed by atoms with Crippen molar-refractivity contribution in [3.05, 3.63) is 35.1 Å². The second kappa shape index (κ2) is 12.3. The average Bonchev–Trinajstić information content (AvgIpc) is 2.60. The third kappa shape index (κ3) is 9.08. The first kappa shape index (κ1) is 20.9. The summed E-state index contributed by atoms with van der Waals surface area (Å²) in [5.41, 5.74) is 1.66. The number of hydrogen-bond donors (Lipinski definition) is 2. The summed E-state index contributed by atoms with van der Waals surface area (Å²) in [6.07, 6.45) is 4.46. The smallest absolute Gasteiger partial charge is 0.305 e. The van der Waals surface area contributed by atoms with Gasteiger partial charge in [-0.15, -0.1) is 0 Å². The number of rotatable bonds is 10. The van der Waals surface area contributed by atoms with E-state index >= 15 is 0 Å². The molecule has 0 bridgehead atoms. The molecule has 25 heavy (non-hydrogen) atoms. The molecule has 0 atom stereocenters. The van der Waals surface area contributed by atoms with E-state index < -0.39 is 0 Å². The number of halogens is 1. The first-order valence-corrected chi connectivity index (χ1v) is 8.92. The van der Waals surface area contributed by atoms with Crippen LogP contribution in [0.25, 0.3) is 0 Å². The highest BCUT2D eigenvalue weighted by molar-refractivity contribution is 5.79. The quantitative estimate of drug-likeness (QED) is 0.294. The van der Waals surface area contributed by atoms with E-state index in [-0.39, 0.29) is 11.8 Å². The molecule has 0 aliphatic heterocycles. The Kier molecular flexibility index (Phi) is 10.3. The lowest BCUT2D eigenvalue weighted by Gasteiger charge is -2.12. The van der Waals surface area contributed by atoms with Gasteiger partial charge in [0.25, 0.3) is 0 Å². The lowest BCUT2D eigenvalue weighted by Crippen LogP contribution is -2.37. The van der Waals surface area contributed by atoms with E-state index in [9.17, 15) is 9.18 Å². The van der Waals surface area contributed by atoms with Gasteiger partial charge in [0.15, 0.2) is 5.96 Å². The van der Waals surface area contributed by atoms with E-state index in [4.69, 9.17) is 4.74 Å². The van der Waals surface area contributed by atoms with Crippen LogP contribution < -0.4 is 10.6 Å². The molecule has 0 heterocycles. The van der Waals surface area contributed by atoms with Crippen molar-refractivity contribution in [3.63, 3.8) is 0 Å². The molecular weight excluding hydrogens is 321 g/mol. The Morgan fingerprint density at radius 2 is 1.96 bits per heavy atom. The van der Waals surface area contributed by atoms with Gasteiger partial charge in [0, 0.05) is 26.6 Å². The Balaban J connectivity index is 2.14. The summed E-state index contributed by atoms with van der Waals surface area (Å²) >= 11 is 0. The molecule has 6 heteroatoms. The number of ether oxygens (including phenoxy) is 1. The van der Waals surface area contributed by atoms with E-state index in [1.807, 2.05) is 13.0 Å². The molecule has 1 aromatic rings. The molecule has 0 saturated carbocycles. The summed E-state index contributed by atoms with van der Waals surface area (Å²) in [4.78, 5) is 15.4. The molecule has 0 unspecified atom stereocenters. The minimum atomic E-state index is -0.186. The molecule has 0 radical (unpaired) electrons. The number of guanidine groups is 1. The summed E-state index contributed by atoms with van der Waals surface area (Å²) in [5, 5.41) is 6.48. The number of carbonyl (C=O) groups is 1. The van der Waals surface area contributed by atoms with Crippen molar-refractivity contribution in [1.29, 1.82) is 0 Å². The lowest BCUT2D eigenvalue weighted by atomic mass is 10.1. The first-order chi connectivity index (χ1) is 12.1. The zero-order valence-corrected chi connectivity index (χ0v) is 15.5. The van der Waals surface area contributed by atoms with Crippen LogP contribution in [0.2, 0.25) is 0 Å². The topological polar surface area (TPSA) is 62.7 Å². The van der Waals surface area contributed by atoms with Gasteiger partial charge in [-0.2, -0.15) is 0 Å². The molecule has 0 aliphatic carbocycles. The number of aliphatic imine (C=N–C) groups is 1. The van der Waals surface area contributed by atoms with Gasteiger partial charge in [-0.1, -0.05) is 25.0 Å². The predicted octanol–water partition coefficient (Wildman–Crippen LogP) is 3.31. The van der Waals surface area contributed by atoms with Gasteiger partial charge in [-0.05, 0) is 43.9 Å². The maximum absolute atomic E-state index is 13.3. The van der Waals surface area contributed by atoms with E-state index in [2.05, 4.69) is 15.6 Å².